The molecule has 1 aromatic carbocycles. The monoisotopic (exact) mass is 193 g/mol. The van der Waals surface area contributed by atoms with E-state index in [9.17, 15) is 13.6 Å². The molecule has 0 aliphatic heterocycles. The van der Waals surface area contributed by atoms with Crippen LogP contribution >= 0.6 is 0 Å². The number of carbonyl (C=O) groups excluding carboxylic acids is 1. The topological polar surface area (TPSA) is 30.0 Å². The van der Waals surface area contributed by atoms with Gasteiger partial charge in [-0.05, 0) is 12.1 Å². The summed E-state index contributed by atoms with van der Waals surface area (Å²) in [5.74, 6) is -1.88. The zero-order valence-corrected chi connectivity index (χ0v) is 7.00. The van der Waals surface area contributed by atoms with Crippen molar-refractivity contribution in [2.24, 2.45) is 0 Å². The molecule has 2 nitrogen and oxygen atoms in total. The van der Waals surface area contributed by atoms with Crippen LogP contribution in [0.1, 0.15) is 10.5 Å². The number of aromatic nitrogens is 1. The van der Waals surface area contributed by atoms with Gasteiger partial charge in [0.1, 0.15) is 5.69 Å². The summed E-state index contributed by atoms with van der Waals surface area (Å²) in [6, 6.07) is 4.99. The van der Waals surface area contributed by atoms with Crippen molar-refractivity contribution in [3.05, 3.63) is 41.6 Å². The Morgan fingerprint density at radius 3 is 2.57 bits per heavy atom. The van der Waals surface area contributed by atoms with Crippen molar-refractivity contribution in [2.45, 2.75) is 0 Å². The summed E-state index contributed by atoms with van der Waals surface area (Å²) in [5.41, 5.74) is 0.469. The fourth-order valence-electron chi connectivity index (χ4n) is 1.20. The van der Waals surface area contributed by atoms with Gasteiger partial charge in [-0.25, -0.2) is 13.8 Å². The third kappa shape index (κ3) is 1.35. The summed E-state index contributed by atoms with van der Waals surface area (Å²) in [4.78, 5) is 14.2. The molecule has 0 atom stereocenters. The molecule has 1 heterocycles. The van der Waals surface area contributed by atoms with Crippen LogP contribution in [-0.4, -0.2) is 11.3 Å². The fraction of sp³-hybridized carbons (Fsp3) is 0. The second kappa shape index (κ2) is 3.14. The Bertz CT molecular complexity index is 511. The van der Waals surface area contributed by atoms with Crippen molar-refractivity contribution in [2.75, 3.05) is 0 Å². The van der Waals surface area contributed by atoms with Crippen molar-refractivity contribution < 1.29 is 13.6 Å². The summed E-state index contributed by atoms with van der Waals surface area (Å²) in [6.45, 7) is 0. The molecule has 0 saturated carbocycles. The highest BCUT2D eigenvalue weighted by molar-refractivity contribution is 5.83. The van der Waals surface area contributed by atoms with E-state index in [1.54, 1.807) is 0 Å². The number of benzene rings is 1. The van der Waals surface area contributed by atoms with E-state index in [0.717, 1.165) is 12.1 Å². The predicted molar refractivity (Wildman–Crippen MR) is 47.0 cm³/mol. The highest BCUT2D eigenvalue weighted by Gasteiger charge is 2.05. The van der Waals surface area contributed by atoms with Crippen LogP contribution in [0.5, 0.6) is 0 Å². The minimum Gasteiger partial charge on any atom is -0.296 e. The van der Waals surface area contributed by atoms with Gasteiger partial charge in [-0.2, -0.15) is 0 Å². The number of hydrogen-bond donors (Lipinski definition) is 0. The number of fused-ring (bicyclic) bond motifs is 1. The lowest BCUT2D eigenvalue weighted by Gasteiger charge is -1.98. The van der Waals surface area contributed by atoms with Gasteiger partial charge in [0.15, 0.2) is 17.9 Å². The van der Waals surface area contributed by atoms with Crippen LogP contribution in [-0.2, 0) is 0 Å². The summed E-state index contributed by atoms with van der Waals surface area (Å²) in [5, 5.41) is 0.467. The molecule has 0 aliphatic carbocycles. The van der Waals surface area contributed by atoms with Crippen LogP contribution in [0.2, 0.25) is 0 Å². The molecule has 2 rings (SSSR count). The standard InChI is InChI=1S/C10H5F2NO/c11-8-3-6-1-2-7(5-14)13-10(6)4-9(8)12/h1-5H. The van der Waals surface area contributed by atoms with Crippen molar-refractivity contribution in [3.8, 4) is 0 Å². The van der Waals surface area contributed by atoms with E-state index < -0.39 is 11.6 Å². The molecule has 0 radical (unpaired) electrons. The second-order valence-electron chi connectivity index (χ2n) is 2.81. The van der Waals surface area contributed by atoms with Gasteiger partial charge in [-0.3, -0.25) is 4.79 Å². The molecule has 0 N–H and O–H groups in total. The minimum atomic E-state index is -0.965. The largest absolute Gasteiger partial charge is 0.296 e. The number of carbonyl (C=O) groups is 1. The van der Waals surface area contributed by atoms with E-state index in [1.807, 2.05) is 0 Å². The van der Waals surface area contributed by atoms with E-state index in [1.165, 1.54) is 12.1 Å². The van der Waals surface area contributed by atoms with Gasteiger partial charge in [-0.15, -0.1) is 0 Å². The lowest BCUT2D eigenvalue weighted by Crippen LogP contribution is -1.90. The first-order chi connectivity index (χ1) is 6.70. The normalized spacial score (nSPS) is 10.4. The number of hydrogen-bond acceptors (Lipinski definition) is 2. The van der Waals surface area contributed by atoms with Crippen LogP contribution in [0.25, 0.3) is 10.9 Å². The third-order valence-electron chi connectivity index (χ3n) is 1.87. The van der Waals surface area contributed by atoms with E-state index >= 15 is 0 Å². The zero-order valence-electron chi connectivity index (χ0n) is 7.00. The molecule has 4 heteroatoms. The van der Waals surface area contributed by atoms with E-state index in [-0.39, 0.29) is 11.2 Å². The molecule has 0 aliphatic rings. The zero-order chi connectivity index (χ0) is 10.1. The SMILES string of the molecule is O=Cc1ccc2cc(F)c(F)cc2n1. The van der Waals surface area contributed by atoms with Crippen molar-refractivity contribution >= 4 is 17.2 Å². The van der Waals surface area contributed by atoms with Crippen molar-refractivity contribution in [3.63, 3.8) is 0 Å². The second-order valence-corrected chi connectivity index (χ2v) is 2.81. The van der Waals surface area contributed by atoms with Crippen LogP contribution < -0.4 is 0 Å². The highest BCUT2D eigenvalue weighted by Crippen LogP contribution is 2.16. The van der Waals surface area contributed by atoms with Gasteiger partial charge in [0, 0.05) is 11.5 Å². The highest BCUT2D eigenvalue weighted by atomic mass is 19.2. The van der Waals surface area contributed by atoms with E-state index in [2.05, 4.69) is 4.98 Å². The number of nitrogens with zero attached hydrogens (tertiary/aromatic N) is 1. The average molecular weight is 193 g/mol. The molecule has 0 fully saturated rings. The lowest BCUT2D eigenvalue weighted by molar-refractivity contribution is 0.111. The molecule has 1 aromatic heterocycles. The molecule has 14 heavy (non-hydrogen) atoms. The molecule has 0 saturated heterocycles. The fourth-order valence-corrected chi connectivity index (χ4v) is 1.20. The first-order valence-corrected chi connectivity index (χ1v) is 3.91. The maximum absolute atomic E-state index is 12.8. The Labute approximate surface area is 78.2 Å². The van der Waals surface area contributed by atoms with E-state index in [0.29, 0.717) is 11.7 Å². The summed E-state index contributed by atoms with van der Waals surface area (Å²) >= 11 is 0. The van der Waals surface area contributed by atoms with Gasteiger partial charge in [0.2, 0.25) is 0 Å². The Morgan fingerprint density at radius 2 is 1.86 bits per heavy atom. The quantitative estimate of drug-likeness (QED) is 0.650. The first kappa shape index (κ1) is 8.74. The predicted octanol–water partition coefficient (Wildman–Crippen LogP) is 2.33. The van der Waals surface area contributed by atoms with Crippen molar-refractivity contribution in [1.82, 2.24) is 4.98 Å². The van der Waals surface area contributed by atoms with Crippen LogP contribution in [0.15, 0.2) is 24.3 Å². The van der Waals surface area contributed by atoms with Crippen LogP contribution in [0, 0.1) is 11.6 Å². The Morgan fingerprint density at radius 1 is 1.14 bits per heavy atom. The summed E-state index contributed by atoms with van der Waals surface area (Å²) in [7, 11) is 0. The number of halogens is 2. The number of pyridine rings is 1. The van der Waals surface area contributed by atoms with Gasteiger partial charge in [-0.1, -0.05) is 6.07 Å². The van der Waals surface area contributed by atoms with Crippen LogP contribution in [0.4, 0.5) is 8.78 Å². The lowest BCUT2D eigenvalue weighted by atomic mass is 10.2. The maximum atomic E-state index is 12.8. The molecule has 0 unspecified atom stereocenters. The molecule has 70 valence electrons. The summed E-state index contributed by atoms with van der Waals surface area (Å²) in [6.07, 6.45) is 0.556. The molecule has 0 amide bonds. The maximum Gasteiger partial charge on any atom is 0.168 e. The molecular weight excluding hydrogens is 188 g/mol. The van der Waals surface area contributed by atoms with Gasteiger partial charge in [0.25, 0.3) is 0 Å². The van der Waals surface area contributed by atoms with Gasteiger partial charge >= 0.3 is 0 Å². The van der Waals surface area contributed by atoms with Crippen molar-refractivity contribution in [1.29, 1.82) is 0 Å². The Hall–Kier alpha value is -1.84. The molecule has 2 aromatic rings. The molecule has 0 bridgehead atoms. The smallest absolute Gasteiger partial charge is 0.168 e. The number of rotatable bonds is 1. The summed E-state index contributed by atoms with van der Waals surface area (Å²) < 4.78 is 25.5. The Kier molecular flexibility index (Phi) is 1.96. The third-order valence-corrected chi connectivity index (χ3v) is 1.87. The van der Waals surface area contributed by atoms with E-state index in [4.69, 9.17) is 0 Å². The minimum absolute atomic E-state index is 0.198. The Balaban J connectivity index is 2.76. The van der Waals surface area contributed by atoms with Gasteiger partial charge in [0.05, 0.1) is 5.52 Å². The average Bonchev–Trinajstić information content (AvgIpc) is 2.19. The number of aldehydes is 1. The van der Waals surface area contributed by atoms with Gasteiger partial charge < -0.3 is 0 Å². The molecule has 0 spiro atoms. The first-order valence-electron chi connectivity index (χ1n) is 3.91. The molecular formula is C10H5F2NO. The van der Waals surface area contributed by atoms with Crippen LogP contribution in [0.3, 0.4) is 0 Å².